The van der Waals surface area contributed by atoms with Crippen molar-refractivity contribution in [2.24, 2.45) is 0 Å². The lowest BCUT2D eigenvalue weighted by Crippen LogP contribution is -3.14. The Morgan fingerprint density at radius 3 is 2.59 bits per heavy atom. The van der Waals surface area contributed by atoms with Crippen LogP contribution in [0.5, 0.6) is 0 Å². The van der Waals surface area contributed by atoms with E-state index in [-0.39, 0.29) is 6.61 Å². The summed E-state index contributed by atoms with van der Waals surface area (Å²) in [5, 5.41) is 4.08. The maximum Gasteiger partial charge on any atom is 0.341 e. The van der Waals surface area contributed by atoms with Crippen molar-refractivity contribution in [2.45, 2.75) is 13.8 Å². The number of nitrogens with zero attached hydrogens (tertiary/aromatic N) is 1. The van der Waals surface area contributed by atoms with Crippen LogP contribution in [0.25, 0.3) is 10.9 Å². The molecular weight excluding hydrogens is 374 g/mol. The zero-order chi connectivity index (χ0) is 20.6. The predicted molar refractivity (Wildman–Crippen MR) is 109 cm³/mol. The number of nitrogens with one attached hydrogen (secondary N) is 2. The van der Waals surface area contributed by atoms with E-state index in [4.69, 9.17) is 14.2 Å². The third-order valence-electron chi connectivity index (χ3n) is 4.85. The van der Waals surface area contributed by atoms with Crippen molar-refractivity contribution >= 4 is 28.5 Å². The number of esters is 2. The molecule has 1 aliphatic rings. The van der Waals surface area contributed by atoms with Crippen molar-refractivity contribution < 1.29 is 28.7 Å². The largest absolute Gasteiger partial charge is 0.462 e. The van der Waals surface area contributed by atoms with E-state index in [0.717, 1.165) is 32.8 Å². The molecule has 8 heteroatoms. The summed E-state index contributed by atoms with van der Waals surface area (Å²) in [4.78, 5) is 30.5. The molecule has 2 N–H and O–H groups in total. The van der Waals surface area contributed by atoms with E-state index in [0.29, 0.717) is 40.9 Å². The van der Waals surface area contributed by atoms with Crippen LogP contribution in [0.2, 0.25) is 0 Å². The van der Waals surface area contributed by atoms with E-state index in [9.17, 15) is 9.59 Å². The minimum absolute atomic E-state index is 0.275. The van der Waals surface area contributed by atoms with Gasteiger partial charge in [-0.25, -0.2) is 9.59 Å². The Hall–Kier alpha value is -2.71. The van der Waals surface area contributed by atoms with Gasteiger partial charge in [0.15, 0.2) is 0 Å². The Labute approximate surface area is 170 Å². The lowest BCUT2D eigenvalue weighted by molar-refractivity contribution is -0.906. The second-order valence-corrected chi connectivity index (χ2v) is 6.76. The predicted octanol–water partition coefficient (Wildman–Crippen LogP) is 0.915. The van der Waals surface area contributed by atoms with Gasteiger partial charge in [-0.2, -0.15) is 0 Å². The zero-order valence-corrected chi connectivity index (χ0v) is 17.0. The highest BCUT2D eigenvalue weighted by atomic mass is 16.5. The number of hydrogen-bond acceptors (Lipinski definition) is 7. The maximum atomic E-state index is 12.5. The van der Waals surface area contributed by atoms with E-state index in [2.05, 4.69) is 10.3 Å². The standard InChI is InChI=1S/C21H27N3O5/c1-3-28-20(25)15-5-6-18-16(13-15)19(17(14-23-18)21(26)29-4-2)22-7-8-24-9-11-27-12-10-24/h5-6,13-14H,3-4,7-12H2,1-2H3,(H,22,23)/p+1. The second kappa shape index (κ2) is 10.2. The molecule has 3 rings (SSSR count). The molecule has 0 spiro atoms. The molecule has 0 atom stereocenters. The van der Waals surface area contributed by atoms with E-state index >= 15 is 0 Å². The molecule has 1 fully saturated rings. The van der Waals surface area contributed by atoms with Crippen molar-refractivity contribution in [3.63, 3.8) is 0 Å². The number of anilines is 1. The first-order chi connectivity index (χ1) is 14.1. The smallest absolute Gasteiger partial charge is 0.341 e. The molecule has 8 nitrogen and oxygen atoms in total. The average molecular weight is 402 g/mol. The van der Waals surface area contributed by atoms with Gasteiger partial charge in [-0.15, -0.1) is 0 Å². The number of morpholine rings is 1. The summed E-state index contributed by atoms with van der Waals surface area (Å²) < 4.78 is 15.7. The topological polar surface area (TPSA) is 91.2 Å². The lowest BCUT2D eigenvalue weighted by Gasteiger charge is -2.24. The molecule has 1 aromatic heterocycles. The highest BCUT2D eigenvalue weighted by molar-refractivity contribution is 6.06. The molecule has 0 amide bonds. The van der Waals surface area contributed by atoms with Crippen LogP contribution in [0.3, 0.4) is 0 Å². The molecule has 0 saturated carbocycles. The summed E-state index contributed by atoms with van der Waals surface area (Å²) in [5.41, 5.74) is 2.10. The Kier molecular flexibility index (Phi) is 7.37. The third-order valence-corrected chi connectivity index (χ3v) is 4.85. The molecule has 0 bridgehead atoms. The van der Waals surface area contributed by atoms with Crippen molar-refractivity contribution in [3.05, 3.63) is 35.5 Å². The highest BCUT2D eigenvalue weighted by Gasteiger charge is 2.19. The Morgan fingerprint density at radius 1 is 1.14 bits per heavy atom. The molecule has 1 aliphatic heterocycles. The summed E-state index contributed by atoms with van der Waals surface area (Å²) in [6, 6.07) is 5.15. The first kappa shape index (κ1) is 21.0. The van der Waals surface area contributed by atoms with Gasteiger partial charge < -0.3 is 24.4 Å². The van der Waals surface area contributed by atoms with Crippen LogP contribution in [-0.2, 0) is 14.2 Å². The van der Waals surface area contributed by atoms with E-state index in [1.165, 1.54) is 11.1 Å². The number of fused-ring (bicyclic) bond motifs is 1. The Bertz CT molecular complexity index is 860. The van der Waals surface area contributed by atoms with E-state index < -0.39 is 11.9 Å². The van der Waals surface area contributed by atoms with Crippen molar-refractivity contribution in [3.8, 4) is 0 Å². The number of quaternary nitrogens is 1. The summed E-state index contributed by atoms with van der Waals surface area (Å²) in [7, 11) is 0. The Morgan fingerprint density at radius 2 is 1.86 bits per heavy atom. The van der Waals surface area contributed by atoms with E-state index in [1.807, 2.05) is 0 Å². The van der Waals surface area contributed by atoms with Crippen molar-refractivity contribution in [1.82, 2.24) is 4.98 Å². The molecule has 1 saturated heterocycles. The van der Waals surface area contributed by atoms with Gasteiger partial charge in [0.1, 0.15) is 18.7 Å². The van der Waals surface area contributed by atoms with Gasteiger partial charge in [0.05, 0.1) is 56.3 Å². The maximum absolute atomic E-state index is 12.5. The van der Waals surface area contributed by atoms with Crippen molar-refractivity contribution in [1.29, 1.82) is 0 Å². The molecular formula is C21H28N3O5+. The van der Waals surface area contributed by atoms with Crippen LogP contribution >= 0.6 is 0 Å². The first-order valence-corrected chi connectivity index (χ1v) is 10.1. The second-order valence-electron chi connectivity index (χ2n) is 6.76. The molecule has 1 aromatic carbocycles. The average Bonchev–Trinajstić information content (AvgIpc) is 2.74. The molecule has 0 radical (unpaired) electrons. The number of rotatable bonds is 8. The number of aromatic nitrogens is 1. The van der Waals surface area contributed by atoms with Gasteiger partial charge in [0.2, 0.25) is 0 Å². The summed E-state index contributed by atoms with van der Waals surface area (Å²) in [6.07, 6.45) is 1.52. The first-order valence-electron chi connectivity index (χ1n) is 10.1. The fourth-order valence-corrected chi connectivity index (χ4v) is 3.36. The number of carbonyl (C=O) groups excluding carboxylic acids is 2. The quantitative estimate of drug-likeness (QED) is 0.635. The van der Waals surface area contributed by atoms with Gasteiger partial charge in [-0.05, 0) is 32.0 Å². The number of ether oxygens (including phenoxy) is 3. The molecule has 156 valence electrons. The van der Waals surface area contributed by atoms with Crippen LogP contribution in [0.4, 0.5) is 5.69 Å². The van der Waals surface area contributed by atoms with Crippen LogP contribution in [0, 0.1) is 0 Å². The van der Waals surface area contributed by atoms with Crippen molar-refractivity contribution in [2.75, 3.05) is 57.9 Å². The zero-order valence-electron chi connectivity index (χ0n) is 17.0. The molecule has 2 aromatic rings. The van der Waals surface area contributed by atoms with Gasteiger partial charge in [0, 0.05) is 11.6 Å². The normalized spacial score (nSPS) is 14.6. The SMILES string of the molecule is CCOC(=O)c1ccc2ncc(C(=O)OCC)c(NCC[NH+]3CCOCC3)c2c1. The molecule has 29 heavy (non-hydrogen) atoms. The van der Waals surface area contributed by atoms with Crippen LogP contribution < -0.4 is 10.2 Å². The number of hydrogen-bond donors (Lipinski definition) is 2. The number of carbonyl (C=O) groups is 2. The lowest BCUT2D eigenvalue weighted by atomic mass is 10.1. The van der Waals surface area contributed by atoms with Gasteiger partial charge in [-0.1, -0.05) is 0 Å². The molecule has 0 aliphatic carbocycles. The van der Waals surface area contributed by atoms with Gasteiger partial charge in [0.25, 0.3) is 0 Å². The van der Waals surface area contributed by atoms with E-state index in [1.54, 1.807) is 32.0 Å². The monoisotopic (exact) mass is 402 g/mol. The van der Waals surface area contributed by atoms with Crippen LogP contribution in [0.1, 0.15) is 34.6 Å². The third kappa shape index (κ3) is 5.21. The Balaban J connectivity index is 1.91. The highest BCUT2D eigenvalue weighted by Crippen LogP contribution is 2.28. The van der Waals surface area contributed by atoms with Gasteiger partial charge >= 0.3 is 11.9 Å². The van der Waals surface area contributed by atoms with Crippen LogP contribution in [-0.4, -0.2) is 69.5 Å². The van der Waals surface area contributed by atoms with Gasteiger partial charge in [-0.3, -0.25) is 4.98 Å². The summed E-state index contributed by atoms with van der Waals surface area (Å²) in [6.45, 7) is 9.14. The summed E-state index contributed by atoms with van der Waals surface area (Å²) >= 11 is 0. The summed E-state index contributed by atoms with van der Waals surface area (Å²) in [5.74, 6) is -0.843. The minimum Gasteiger partial charge on any atom is -0.462 e. The van der Waals surface area contributed by atoms with Crippen LogP contribution in [0.15, 0.2) is 24.4 Å². The fraction of sp³-hybridized carbons (Fsp3) is 0.476. The molecule has 2 heterocycles. The number of benzene rings is 1. The molecule has 0 unspecified atom stereocenters. The fourth-order valence-electron chi connectivity index (χ4n) is 3.36. The minimum atomic E-state index is -0.440. The number of pyridine rings is 1.